The van der Waals surface area contributed by atoms with E-state index in [-0.39, 0.29) is 12.0 Å². The molecule has 0 radical (unpaired) electrons. The van der Waals surface area contributed by atoms with Crippen molar-refractivity contribution in [2.75, 3.05) is 13.2 Å². The number of carbonyl (C=O) groups is 1. The molecule has 0 N–H and O–H groups in total. The molecule has 27 heavy (non-hydrogen) atoms. The molecule has 0 unspecified atom stereocenters. The minimum Gasteiger partial charge on any atom is -0.451 e. The molecule has 3 aromatic rings. The lowest BCUT2D eigenvalue weighted by Crippen LogP contribution is -2.37. The first kappa shape index (κ1) is 17.7. The molecule has 0 saturated carbocycles. The Bertz CT molecular complexity index is 943. The van der Waals surface area contributed by atoms with E-state index in [1.165, 1.54) is 0 Å². The fourth-order valence-corrected chi connectivity index (χ4v) is 3.62. The number of amides is 1. The highest BCUT2D eigenvalue weighted by atomic mass is 16.5. The lowest BCUT2D eigenvalue weighted by atomic mass is 10.1. The molecular formula is C22H24N2O3. The van der Waals surface area contributed by atoms with Crippen LogP contribution < -0.4 is 0 Å². The fourth-order valence-electron chi connectivity index (χ4n) is 3.62. The number of aryl methyl sites for hydroxylation is 2. The first-order valence-electron chi connectivity index (χ1n) is 9.42. The Morgan fingerprint density at radius 3 is 2.89 bits per heavy atom. The Kier molecular flexibility index (Phi) is 4.94. The van der Waals surface area contributed by atoms with Crippen LogP contribution in [0.5, 0.6) is 0 Å². The number of fused-ring (bicyclic) bond motifs is 1. The summed E-state index contributed by atoms with van der Waals surface area (Å²) in [5, 5.41) is 0.994. The Labute approximate surface area is 158 Å². The SMILES string of the molecule is Cc1ccc2oc(C(=O)N(Cc3ccccn3)C[C@@H]3CCCO3)c(C)c2c1. The maximum Gasteiger partial charge on any atom is 0.290 e. The van der Waals surface area contributed by atoms with Gasteiger partial charge in [0.05, 0.1) is 18.3 Å². The Morgan fingerprint density at radius 1 is 1.26 bits per heavy atom. The van der Waals surface area contributed by atoms with Crippen molar-refractivity contribution in [3.05, 3.63) is 65.2 Å². The second-order valence-corrected chi connectivity index (χ2v) is 7.20. The summed E-state index contributed by atoms with van der Waals surface area (Å²) in [6.45, 7) is 5.74. The summed E-state index contributed by atoms with van der Waals surface area (Å²) in [6.07, 6.45) is 3.84. The summed E-state index contributed by atoms with van der Waals surface area (Å²) >= 11 is 0. The molecule has 1 fully saturated rings. The number of nitrogens with zero attached hydrogens (tertiary/aromatic N) is 2. The smallest absolute Gasteiger partial charge is 0.290 e. The quantitative estimate of drug-likeness (QED) is 0.678. The van der Waals surface area contributed by atoms with Gasteiger partial charge in [-0.25, -0.2) is 0 Å². The summed E-state index contributed by atoms with van der Waals surface area (Å²) in [7, 11) is 0. The highest BCUT2D eigenvalue weighted by Gasteiger charge is 2.27. The summed E-state index contributed by atoms with van der Waals surface area (Å²) in [5.41, 5.74) is 3.64. The van der Waals surface area contributed by atoms with Gasteiger partial charge < -0.3 is 14.1 Å². The molecule has 1 atom stereocenters. The summed E-state index contributed by atoms with van der Waals surface area (Å²) in [4.78, 5) is 19.5. The van der Waals surface area contributed by atoms with E-state index in [1.807, 2.05) is 44.2 Å². The number of furan rings is 1. The van der Waals surface area contributed by atoms with Crippen molar-refractivity contribution < 1.29 is 13.9 Å². The summed E-state index contributed by atoms with van der Waals surface area (Å²) in [6, 6.07) is 11.7. The van der Waals surface area contributed by atoms with Crippen LogP contribution in [0.3, 0.4) is 0 Å². The predicted octanol–water partition coefficient (Wildman–Crippen LogP) is 4.27. The van der Waals surface area contributed by atoms with Crippen molar-refractivity contribution in [2.45, 2.75) is 39.3 Å². The largest absolute Gasteiger partial charge is 0.451 e. The number of hydrogen-bond donors (Lipinski definition) is 0. The molecule has 0 spiro atoms. The molecule has 1 aliphatic rings. The first-order valence-corrected chi connectivity index (χ1v) is 9.42. The third kappa shape index (κ3) is 3.74. The number of hydrogen-bond acceptors (Lipinski definition) is 4. The van der Waals surface area contributed by atoms with Crippen LogP contribution in [0.4, 0.5) is 0 Å². The van der Waals surface area contributed by atoms with Gasteiger partial charge in [0, 0.05) is 30.3 Å². The molecule has 0 aliphatic carbocycles. The van der Waals surface area contributed by atoms with Crippen molar-refractivity contribution in [1.82, 2.24) is 9.88 Å². The van der Waals surface area contributed by atoms with Crippen molar-refractivity contribution in [2.24, 2.45) is 0 Å². The van der Waals surface area contributed by atoms with Crippen molar-refractivity contribution in [3.63, 3.8) is 0 Å². The van der Waals surface area contributed by atoms with Crippen LogP contribution in [-0.2, 0) is 11.3 Å². The minimum absolute atomic E-state index is 0.0737. The monoisotopic (exact) mass is 364 g/mol. The third-order valence-corrected chi connectivity index (χ3v) is 5.10. The van der Waals surface area contributed by atoms with Gasteiger partial charge in [-0.2, -0.15) is 0 Å². The highest BCUT2D eigenvalue weighted by Crippen LogP contribution is 2.28. The molecular weight excluding hydrogens is 340 g/mol. The van der Waals surface area contributed by atoms with E-state index in [0.717, 1.165) is 47.2 Å². The molecule has 5 nitrogen and oxygen atoms in total. The molecule has 5 heteroatoms. The van der Waals surface area contributed by atoms with E-state index in [2.05, 4.69) is 11.1 Å². The number of ether oxygens (including phenoxy) is 1. The van der Waals surface area contributed by atoms with Crippen molar-refractivity contribution in [3.8, 4) is 0 Å². The molecule has 1 amide bonds. The van der Waals surface area contributed by atoms with Gasteiger partial charge in [0.1, 0.15) is 5.58 Å². The first-order chi connectivity index (χ1) is 13.1. The van der Waals surface area contributed by atoms with E-state index in [4.69, 9.17) is 9.15 Å². The fraction of sp³-hybridized carbons (Fsp3) is 0.364. The average molecular weight is 364 g/mol. The molecule has 3 heterocycles. The van der Waals surface area contributed by atoms with Gasteiger partial charge in [-0.15, -0.1) is 0 Å². The second kappa shape index (κ2) is 7.53. The minimum atomic E-state index is -0.109. The number of rotatable bonds is 5. The molecule has 1 aromatic carbocycles. The lowest BCUT2D eigenvalue weighted by Gasteiger charge is -2.24. The van der Waals surface area contributed by atoms with Crippen molar-refractivity contribution in [1.29, 1.82) is 0 Å². The molecule has 1 saturated heterocycles. The van der Waals surface area contributed by atoms with Gasteiger partial charge in [-0.1, -0.05) is 17.7 Å². The van der Waals surface area contributed by atoms with Gasteiger partial charge in [0.15, 0.2) is 5.76 Å². The van der Waals surface area contributed by atoms with Crippen LogP contribution in [0.25, 0.3) is 11.0 Å². The number of carbonyl (C=O) groups excluding carboxylic acids is 1. The normalized spacial score (nSPS) is 16.7. The maximum absolute atomic E-state index is 13.4. The molecule has 2 aromatic heterocycles. The third-order valence-electron chi connectivity index (χ3n) is 5.10. The maximum atomic E-state index is 13.4. The molecule has 140 valence electrons. The predicted molar refractivity (Wildman–Crippen MR) is 104 cm³/mol. The van der Waals surface area contributed by atoms with Crippen LogP contribution >= 0.6 is 0 Å². The second-order valence-electron chi connectivity index (χ2n) is 7.20. The molecule has 0 bridgehead atoms. The van der Waals surface area contributed by atoms with Crippen LogP contribution in [0.15, 0.2) is 47.0 Å². The van der Waals surface area contributed by atoms with Crippen molar-refractivity contribution >= 4 is 16.9 Å². The van der Waals surface area contributed by atoms with Crippen LogP contribution in [0, 0.1) is 13.8 Å². The molecule has 1 aliphatic heterocycles. The lowest BCUT2D eigenvalue weighted by molar-refractivity contribution is 0.0482. The number of pyridine rings is 1. The number of aromatic nitrogens is 1. The van der Waals surface area contributed by atoms with Gasteiger partial charge in [-0.3, -0.25) is 9.78 Å². The topological polar surface area (TPSA) is 55.6 Å². The van der Waals surface area contributed by atoms with Gasteiger partial charge >= 0.3 is 0 Å². The zero-order chi connectivity index (χ0) is 18.8. The average Bonchev–Trinajstić information content (AvgIpc) is 3.30. The summed E-state index contributed by atoms with van der Waals surface area (Å²) in [5.74, 6) is 0.298. The Morgan fingerprint density at radius 2 is 2.15 bits per heavy atom. The van der Waals surface area contributed by atoms with E-state index >= 15 is 0 Å². The zero-order valence-electron chi connectivity index (χ0n) is 15.8. The van der Waals surface area contributed by atoms with Crippen LogP contribution in [0.1, 0.15) is 40.2 Å². The van der Waals surface area contributed by atoms with Gasteiger partial charge in [0.2, 0.25) is 0 Å². The van der Waals surface area contributed by atoms with Crippen LogP contribution in [-0.4, -0.2) is 35.0 Å². The summed E-state index contributed by atoms with van der Waals surface area (Å²) < 4.78 is 11.7. The van der Waals surface area contributed by atoms with E-state index in [0.29, 0.717) is 18.8 Å². The molecule has 4 rings (SSSR count). The van der Waals surface area contributed by atoms with Gasteiger partial charge in [-0.05, 0) is 51.0 Å². The highest BCUT2D eigenvalue weighted by molar-refractivity contribution is 5.99. The number of benzene rings is 1. The van der Waals surface area contributed by atoms with Crippen LogP contribution in [0.2, 0.25) is 0 Å². The van der Waals surface area contributed by atoms with E-state index in [9.17, 15) is 4.79 Å². The Balaban J connectivity index is 1.65. The van der Waals surface area contributed by atoms with E-state index < -0.39 is 0 Å². The van der Waals surface area contributed by atoms with E-state index in [1.54, 1.807) is 11.1 Å². The standard InChI is InChI=1S/C22H24N2O3/c1-15-8-9-20-19(12-15)16(2)21(27-20)22(25)24(14-18-7-5-11-26-18)13-17-6-3-4-10-23-17/h3-4,6,8-10,12,18H,5,7,11,13-14H2,1-2H3/t18-/m0/s1. The van der Waals surface area contributed by atoms with Gasteiger partial charge in [0.25, 0.3) is 5.91 Å². The Hall–Kier alpha value is -2.66. The zero-order valence-corrected chi connectivity index (χ0v) is 15.8.